The van der Waals surface area contributed by atoms with Crippen LogP contribution in [0.1, 0.15) is 64.8 Å². The summed E-state index contributed by atoms with van der Waals surface area (Å²) in [5.41, 5.74) is 7.67. The molecule has 1 saturated heterocycles. The van der Waals surface area contributed by atoms with Crippen molar-refractivity contribution in [2.45, 2.75) is 63.2 Å². The van der Waals surface area contributed by atoms with Crippen LogP contribution >= 0.6 is 0 Å². The van der Waals surface area contributed by atoms with Crippen LogP contribution in [0.15, 0.2) is 18.2 Å². The third-order valence-corrected chi connectivity index (χ3v) is 5.89. The van der Waals surface area contributed by atoms with E-state index in [0.717, 1.165) is 36.1 Å². The standard InChI is InChI=1S/C20H24N4O4/c21-14-3-1-2-4-15(14)22-10-11-5-6-12-13(9-11)20(28)24(19(12)27)16-7-8-17(25)23-18(16)26/h5-6,9,14-16,22H,1-4,7-8,10,21H2,(H,23,25,26)/t14-,15-,16?/m0/s1. The zero-order chi connectivity index (χ0) is 19.8. The number of hydrogen-bond acceptors (Lipinski definition) is 6. The van der Waals surface area contributed by atoms with Crippen LogP contribution in [-0.2, 0) is 16.1 Å². The van der Waals surface area contributed by atoms with Gasteiger partial charge in [-0.3, -0.25) is 29.4 Å². The quantitative estimate of drug-likeness (QED) is 0.648. The Morgan fingerprint density at radius 3 is 2.54 bits per heavy atom. The largest absolute Gasteiger partial charge is 0.326 e. The second-order valence-electron chi connectivity index (χ2n) is 7.76. The predicted molar refractivity (Wildman–Crippen MR) is 100 cm³/mol. The molecule has 4 N–H and O–H groups in total. The Labute approximate surface area is 162 Å². The molecule has 3 aliphatic rings. The maximum Gasteiger partial charge on any atom is 0.262 e. The summed E-state index contributed by atoms with van der Waals surface area (Å²) in [5, 5.41) is 5.66. The molecule has 3 atom stereocenters. The lowest BCUT2D eigenvalue weighted by atomic mass is 9.91. The maximum absolute atomic E-state index is 12.8. The lowest BCUT2D eigenvalue weighted by Gasteiger charge is -2.29. The number of carbonyl (C=O) groups is 4. The highest BCUT2D eigenvalue weighted by Crippen LogP contribution is 2.28. The van der Waals surface area contributed by atoms with E-state index in [1.165, 1.54) is 0 Å². The summed E-state index contributed by atoms with van der Waals surface area (Å²) in [4.78, 5) is 50.0. The molecule has 8 nitrogen and oxygen atoms in total. The molecule has 0 bridgehead atoms. The van der Waals surface area contributed by atoms with Gasteiger partial charge in [-0.1, -0.05) is 18.9 Å². The number of amides is 4. The first-order valence-corrected chi connectivity index (χ1v) is 9.79. The van der Waals surface area contributed by atoms with Crippen molar-refractivity contribution in [3.63, 3.8) is 0 Å². The average Bonchev–Trinajstić information content (AvgIpc) is 2.92. The highest BCUT2D eigenvalue weighted by molar-refractivity contribution is 6.23. The number of nitrogens with two attached hydrogens (primary N) is 1. The molecule has 0 aromatic heterocycles. The number of nitrogens with zero attached hydrogens (tertiary/aromatic N) is 1. The first-order chi connectivity index (χ1) is 13.5. The van der Waals surface area contributed by atoms with E-state index < -0.39 is 23.8 Å². The van der Waals surface area contributed by atoms with Crippen molar-refractivity contribution in [1.29, 1.82) is 0 Å². The van der Waals surface area contributed by atoms with Crippen LogP contribution in [0.25, 0.3) is 0 Å². The molecule has 1 unspecified atom stereocenters. The molecule has 1 aromatic rings. The molecule has 8 heteroatoms. The van der Waals surface area contributed by atoms with Crippen LogP contribution in [0, 0.1) is 0 Å². The van der Waals surface area contributed by atoms with Crippen molar-refractivity contribution in [2.75, 3.05) is 0 Å². The molecular formula is C20H24N4O4. The Morgan fingerprint density at radius 2 is 1.79 bits per heavy atom. The van der Waals surface area contributed by atoms with Crippen LogP contribution < -0.4 is 16.4 Å². The van der Waals surface area contributed by atoms with E-state index in [2.05, 4.69) is 10.6 Å². The van der Waals surface area contributed by atoms with Gasteiger partial charge in [0.2, 0.25) is 11.8 Å². The van der Waals surface area contributed by atoms with Crippen molar-refractivity contribution < 1.29 is 19.2 Å². The Hall–Kier alpha value is -2.58. The number of benzene rings is 1. The first-order valence-electron chi connectivity index (χ1n) is 9.79. The Balaban J connectivity index is 1.49. The third kappa shape index (κ3) is 3.33. The van der Waals surface area contributed by atoms with Gasteiger partial charge in [0.25, 0.3) is 11.8 Å². The summed E-state index contributed by atoms with van der Waals surface area (Å²) in [6.07, 6.45) is 4.63. The maximum atomic E-state index is 12.8. The first kappa shape index (κ1) is 18.8. The zero-order valence-corrected chi connectivity index (χ0v) is 15.6. The van der Waals surface area contributed by atoms with Crippen molar-refractivity contribution >= 4 is 23.6 Å². The van der Waals surface area contributed by atoms with Gasteiger partial charge in [0.05, 0.1) is 11.1 Å². The number of piperidine rings is 1. The molecule has 1 saturated carbocycles. The Bertz CT molecular complexity index is 853. The molecule has 4 rings (SSSR count). The van der Waals surface area contributed by atoms with Crippen LogP contribution in [-0.4, -0.2) is 46.7 Å². The summed E-state index contributed by atoms with van der Waals surface area (Å²) in [7, 11) is 0. The number of fused-ring (bicyclic) bond motifs is 1. The average molecular weight is 384 g/mol. The summed E-state index contributed by atoms with van der Waals surface area (Å²) >= 11 is 0. The van der Waals surface area contributed by atoms with Crippen LogP contribution in [0.4, 0.5) is 0 Å². The summed E-state index contributed by atoms with van der Waals surface area (Å²) in [6, 6.07) is 4.61. The molecule has 148 valence electrons. The van der Waals surface area contributed by atoms with Crippen LogP contribution in [0.3, 0.4) is 0 Å². The third-order valence-electron chi connectivity index (χ3n) is 5.89. The lowest BCUT2D eigenvalue weighted by molar-refractivity contribution is -0.136. The van der Waals surface area contributed by atoms with E-state index in [0.29, 0.717) is 17.7 Å². The second-order valence-corrected chi connectivity index (χ2v) is 7.76. The monoisotopic (exact) mass is 384 g/mol. The molecule has 0 spiro atoms. The molecule has 1 aliphatic carbocycles. The van der Waals surface area contributed by atoms with Gasteiger partial charge in [0, 0.05) is 25.0 Å². The van der Waals surface area contributed by atoms with E-state index in [1.54, 1.807) is 12.1 Å². The molecule has 2 fully saturated rings. The van der Waals surface area contributed by atoms with Crippen molar-refractivity contribution in [2.24, 2.45) is 5.73 Å². The molecular weight excluding hydrogens is 360 g/mol. The minimum absolute atomic E-state index is 0.112. The fourth-order valence-electron chi connectivity index (χ4n) is 4.29. The molecule has 2 heterocycles. The van der Waals surface area contributed by atoms with Crippen LogP contribution in [0.2, 0.25) is 0 Å². The lowest BCUT2D eigenvalue weighted by Crippen LogP contribution is -2.54. The van der Waals surface area contributed by atoms with E-state index in [-0.39, 0.29) is 30.8 Å². The summed E-state index contributed by atoms with van der Waals surface area (Å²) < 4.78 is 0. The molecule has 4 amide bonds. The number of carbonyl (C=O) groups excluding carboxylic acids is 4. The Kier molecular flexibility index (Phi) is 4.99. The number of rotatable bonds is 4. The van der Waals surface area contributed by atoms with E-state index in [4.69, 9.17) is 5.73 Å². The van der Waals surface area contributed by atoms with Gasteiger partial charge in [0.15, 0.2) is 0 Å². The number of nitrogens with one attached hydrogen (secondary N) is 2. The summed E-state index contributed by atoms with van der Waals surface area (Å²) in [5.74, 6) is -1.94. The number of imide groups is 2. The minimum Gasteiger partial charge on any atom is -0.326 e. The van der Waals surface area contributed by atoms with Gasteiger partial charge in [0.1, 0.15) is 6.04 Å². The van der Waals surface area contributed by atoms with Crippen molar-refractivity contribution in [3.8, 4) is 0 Å². The minimum atomic E-state index is -0.938. The predicted octanol–water partition coefficient (Wildman–Crippen LogP) is 0.447. The van der Waals surface area contributed by atoms with Gasteiger partial charge in [-0.25, -0.2) is 0 Å². The molecule has 28 heavy (non-hydrogen) atoms. The molecule has 0 radical (unpaired) electrons. The van der Waals surface area contributed by atoms with Crippen LogP contribution in [0.5, 0.6) is 0 Å². The van der Waals surface area contributed by atoms with Gasteiger partial charge in [-0.2, -0.15) is 0 Å². The fourth-order valence-corrected chi connectivity index (χ4v) is 4.29. The fraction of sp³-hybridized carbons (Fsp3) is 0.500. The molecule has 2 aliphatic heterocycles. The second kappa shape index (κ2) is 7.44. The summed E-state index contributed by atoms with van der Waals surface area (Å²) in [6.45, 7) is 0.561. The normalized spacial score (nSPS) is 27.8. The van der Waals surface area contributed by atoms with E-state index in [9.17, 15) is 19.2 Å². The van der Waals surface area contributed by atoms with Gasteiger partial charge in [-0.05, 0) is 37.0 Å². The highest BCUT2D eigenvalue weighted by atomic mass is 16.2. The van der Waals surface area contributed by atoms with Gasteiger partial charge in [-0.15, -0.1) is 0 Å². The topological polar surface area (TPSA) is 122 Å². The highest BCUT2D eigenvalue weighted by Gasteiger charge is 2.44. The van der Waals surface area contributed by atoms with E-state index >= 15 is 0 Å². The van der Waals surface area contributed by atoms with Crippen molar-refractivity contribution in [3.05, 3.63) is 34.9 Å². The van der Waals surface area contributed by atoms with Gasteiger partial charge < -0.3 is 11.1 Å². The van der Waals surface area contributed by atoms with Gasteiger partial charge >= 0.3 is 0 Å². The number of hydrogen-bond donors (Lipinski definition) is 3. The molecule has 1 aromatic carbocycles. The smallest absolute Gasteiger partial charge is 0.262 e. The van der Waals surface area contributed by atoms with Crippen molar-refractivity contribution in [1.82, 2.24) is 15.5 Å². The Morgan fingerprint density at radius 1 is 1.04 bits per heavy atom. The SMILES string of the molecule is N[C@H]1CCCC[C@@H]1NCc1ccc2c(c1)C(=O)N(C1CCC(=O)NC1=O)C2=O. The van der Waals surface area contributed by atoms with E-state index in [1.807, 2.05) is 6.07 Å². The zero-order valence-electron chi connectivity index (χ0n) is 15.6.